The van der Waals surface area contributed by atoms with Gasteiger partial charge in [-0.1, -0.05) is 84.8 Å². The number of urea groups is 1. The molecule has 0 bridgehead atoms. The van der Waals surface area contributed by atoms with Gasteiger partial charge in [-0.2, -0.15) is 5.01 Å². The Balaban J connectivity index is 1.33. The summed E-state index contributed by atoms with van der Waals surface area (Å²) in [7, 11) is 0. The number of terminal acetylenes is 1. The van der Waals surface area contributed by atoms with Crippen LogP contribution in [0.3, 0.4) is 0 Å². The van der Waals surface area contributed by atoms with E-state index in [1.165, 1.54) is 11.1 Å². The summed E-state index contributed by atoms with van der Waals surface area (Å²) in [5.41, 5.74) is 8.74. The van der Waals surface area contributed by atoms with Crippen LogP contribution in [0.5, 0.6) is 5.75 Å². The molecule has 0 saturated carbocycles. The van der Waals surface area contributed by atoms with Crippen molar-refractivity contribution in [2.45, 2.75) is 31.7 Å². The molecule has 228 valence electrons. The summed E-state index contributed by atoms with van der Waals surface area (Å²) in [6, 6.07) is 27.0. The number of nitrogens with one attached hydrogen (secondary N) is 1. The van der Waals surface area contributed by atoms with Crippen molar-refractivity contribution in [1.29, 1.82) is 0 Å². The Morgan fingerprint density at radius 3 is 2.53 bits per heavy atom. The zero-order chi connectivity index (χ0) is 31.5. The minimum absolute atomic E-state index is 0.0564. The van der Waals surface area contributed by atoms with E-state index in [2.05, 4.69) is 11.2 Å². The lowest BCUT2D eigenvalue weighted by Gasteiger charge is -2.46. The molecule has 4 amide bonds. The molecule has 0 aromatic heterocycles. The molecule has 0 unspecified atom stereocenters. The number of fused-ring (bicyclic) bond motifs is 2. The zero-order valence-corrected chi connectivity index (χ0v) is 24.7. The summed E-state index contributed by atoms with van der Waals surface area (Å²) in [6.07, 6.45) is 5.25. The van der Waals surface area contributed by atoms with Crippen molar-refractivity contribution in [2.24, 2.45) is 0 Å². The van der Waals surface area contributed by atoms with Crippen molar-refractivity contribution in [3.63, 3.8) is 0 Å². The van der Waals surface area contributed by atoms with Crippen LogP contribution < -0.4 is 11.1 Å². The van der Waals surface area contributed by atoms with E-state index in [4.69, 9.17) is 12.2 Å². The Labute approximate surface area is 261 Å². The largest absolute Gasteiger partial charge is 0.506 e. The van der Waals surface area contributed by atoms with Crippen LogP contribution in [0.25, 0.3) is 10.8 Å². The minimum Gasteiger partial charge on any atom is -0.506 e. The second-order valence-electron chi connectivity index (χ2n) is 11.3. The molecule has 2 fully saturated rings. The predicted octanol–water partition coefficient (Wildman–Crippen LogP) is 3.31. The van der Waals surface area contributed by atoms with E-state index < -0.39 is 18.2 Å². The highest BCUT2D eigenvalue weighted by Gasteiger charge is 2.52. The van der Waals surface area contributed by atoms with Crippen molar-refractivity contribution < 1.29 is 19.5 Å². The van der Waals surface area contributed by atoms with Crippen LogP contribution in [0, 0.1) is 12.3 Å². The van der Waals surface area contributed by atoms with E-state index in [1.54, 1.807) is 26.9 Å². The van der Waals surface area contributed by atoms with Gasteiger partial charge in [0.05, 0.1) is 25.3 Å². The number of hydrogen-bond acceptors (Lipinski definition) is 6. The number of nitrogen functional groups attached to an aromatic ring is 1. The maximum Gasteiger partial charge on any atom is 0.333 e. The number of phenols is 1. The number of aromatic hydroxyl groups is 1. The lowest BCUT2D eigenvalue weighted by Crippen LogP contribution is -2.66. The molecule has 2 atom stereocenters. The van der Waals surface area contributed by atoms with Gasteiger partial charge in [0.15, 0.2) is 0 Å². The van der Waals surface area contributed by atoms with Gasteiger partial charge in [0.2, 0.25) is 11.8 Å². The highest BCUT2D eigenvalue weighted by Crippen LogP contribution is 2.32. The summed E-state index contributed by atoms with van der Waals surface area (Å²) in [4.78, 5) is 44.7. The Morgan fingerprint density at radius 1 is 1.00 bits per heavy atom. The molecule has 2 aliphatic heterocycles. The van der Waals surface area contributed by atoms with E-state index >= 15 is 0 Å². The topological polar surface area (TPSA) is 122 Å². The third-order valence-electron chi connectivity index (χ3n) is 8.40. The Kier molecular flexibility index (Phi) is 8.27. The van der Waals surface area contributed by atoms with E-state index in [0.29, 0.717) is 12.1 Å². The van der Waals surface area contributed by atoms with Gasteiger partial charge in [-0.15, -0.1) is 6.42 Å². The molecule has 45 heavy (non-hydrogen) atoms. The predicted molar refractivity (Wildman–Crippen MR) is 171 cm³/mol. The number of nitrogens with two attached hydrogens (primary N) is 1. The third-order valence-corrected chi connectivity index (χ3v) is 8.40. The Morgan fingerprint density at radius 2 is 1.76 bits per heavy atom. The molecule has 10 nitrogen and oxygen atoms in total. The average Bonchev–Trinajstić information content (AvgIpc) is 3.37. The van der Waals surface area contributed by atoms with Gasteiger partial charge >= 0.3 is 6.03 Å². The fourth-order valence-electron chi connectivity index (χ4n) is 6.21. The Hall–Kier alpha value is -5.53. The van der Waals surface area contributed by atoms with Gasteiger partial charge in [-0.05, 0) is 39.6 Å². The number of carbonyl (C=O) groups is 3. The van der Waals surface area contributed by atoms with Crippen molar-refractivity contribution >= 4 is 34.3 Å². The quantitative estimate of drug-likeness (QED) is 0.162. The lowest BCUT2D eigenvalue weighted by atomic mass is 9.98. The second kappa shape index (κ2) is 12.6. The van der Waals surface area contributed by atoms with Gasteiger partial charge in [0.1, 0.15) is 18.0 Å². The maximum absolute atomic E-state index is 14.2. The van der Waals surface area contributed by atoms with Crippen LogP contribution in [0.4, 0.5) is 10.5 Å². The molecule has 0 spiro atoms. The molecule has 4 aromatic rings. The number of benzene rings is 4. The molecule has 6 rings (SSSR count). The van der Waals surface area contributed by atoms with Crippen LogP contribution in [0.1, 0.15) is 16.7 Å². The highest BCUT2D eigenvalue weighted by atomic mass is 16.3. The standard InChI is InChI=1S/C35H34N6O4/c1-2-17-39(35(45)37-20-24-9-4-3-5-10-24)40-23-33(43)41-30(19-25-15-16-31(42)29(36)18-25)34(44)38(22-32(40)41)21-27-13-8-12-26-11-6-7-14-28(26)27/h1,3-16,18,30,32,42H,17,19-23,36H2,(H,37,45)/t30-,32+/m0/s1. The van der Waals surface area contributed by atoms with Gasteiger partial charge in [0.25, 0.3) is 0 Å². The van der Waals surface area contributed by atoms with Crippen molar-refractivity contribution in [1.82, 2.24) is 25.1 Å². The first-order valence-electron chi connectivity index (χ1n) is 14.8. The molecular weight excluding hydrogens is 568 g/mol. The Bertz CT molecular complexity index is 1780. The fourth-order valence-corrected chi connectivity index (χ4v) is 6.21. The highest BCUT2D eigenvalue weighted by molar-refractivity contribution is 5.92. The van der Waals surface area contributed by atoms with E-state index in [0.717, 1.165) is 21.9 Å². The smallest absolute Gasteiger partial charge is 0.333 e. The molecule has 0 aliphatic carbocycles. The number of hydrazine groups is 1. The second-order valence-corrected chi connectivity index (χ2v) is 11.3. The number of nitrogens with zero attached hydrogens (tertiary/aromatic N) is 4. The molecule has 0 radical (unpaired) electrons. The van der Waals surface area contributed by atoms with E-state index in [-0.39, 0.29) is 55.9 Å². The maximum atomic E-state index is 14.2. The third kappa shape index (κ3) is 5.98. The first-order chi connectivity index (χ1) is 21.8. The van der Waals surface area contributed by atoms with Crippen molar-refractivity contribution in [3.05, 3.63) is 108 Å². The van der Waals surface area contributed by atoms with Crippen LogP contribution in [0.2, 0.25) is 0 Å². The first kappa shape index (κ1) is 29.5. The normalized spacial score (nSPS) is 18.1. The fraction of sp³-hybridized carbons (Fsp3) is 0.229. The number of amides is 4. The SMILES string of the molecule is C#CCN(C(=O)NCc1ccccc1)N1CC(=O)N2[C@@H](Cc3ccc(O)c(N)c3)C(=O)N(Cc3cccc4ccccc34)C[C@@H]21. The average molecular weight is 603 g/mol. The molecule has 10 heteroatoms. The number of piperazine rings is 1. The number of anilines is 1. The summed E-state index contributed by atoms with van der Waals surface area (Å²) in [5.74, 6) is 2.00. The van der Waals surface area contributed by atoms with Gasteiger partial charge < -0.3 is 26.0 Å². The van der Waals surface area contributed by atoms with Crippen molar-refractivity contribution in [2.75, 3.05) is 25.4 Å². The minimum atomic E-state index is -0.861. The van der Waals surface area contributed by atoms with Crippen LogP contribution >= 0.6 is 0 Å². The molecule has 4 N–H and O–H groups in total. The van der Waals surface area contributed by atoms with Crippen molar-refractivity contribution in [3.8, 4) is 18.1 Å². The number of rotatable bonds is 8. The van der Waals surface area contributed by atoms with Crippen LogP contribution in [-0.2, 0) is 29.1 Å². The monoisotopic (exact) mass is 602 g/mol. The summed E-state index contributed by atoms with van der Waals surface area (Å²) in [5, 5.41) is 18.0. The van der Waals surface area contributed by atoms with Gasteiger partial charge in [-0.25, -0.2) is 9.80 Å². The van der Waals surface area contributed by atoms with E-state index in [9.17, 15) is 19.5 Å². The zero-order valence-electron chi connectivity index (χ0n) is 24.7. The number of hydrogen-bond donors (Lipinski definition) is 3. The van der Waals surface area contributed by atoms with Gasteiger partial charge in [0, 0.05) is 19.5 Å². The summed E-state index contributed by atoms with van der Waals surface area (Å²) < 4.78 is 0. The van der Waals surface area contributed by atoms with Crippen LogP contribution in [0.15, 0.2) is 91.0 Å². The summed E-state index contributed by atoms with van der Waals surface area (Å²) >= 11 is 0. The van der Waals surface area contributed by atoms with E-state index in [1.807, 2.05) is 72.8 Å². The molecule has 4 aromatic carbocycles. The first-order valence-corrected chi connectivity index (χ1v) is 14.8. The molecule has 2 heterocycles. The molecule has 2 aliphatic rings. The summed E-state index contributed by atoms with van der Waals surface area (Å²) in [6.45, 7) is 0.599. The number of phenolic OH excluding ortho intramolecular Hbond substituents is 1. The van der Waals surface area contributed by atoms with Gasteiger partial charge in [-0.3, -0.25) is 9.59 Å². The molecule has 2 saturated heterocycles. The lowest BCUT2D eigenvalue weighted by molar-refractivity contribution is -0.157. The molecular formula is C35H34N6O4. The van der Waals surface area contributed by atoms with Crippen LogP contribution in [-0.4, -0.2) is 74.6 Å². The number of carbonyl (C=O) groups excluding carboxylic acids is 3.